The highest BCUT2D eigenvalue weighted by Crippen LogP contribution is 2.14. The van der Waals surface area contributed by atoms with Crippen molar-refractivity contribution in [1.82, 2.24) is 0 Å². The van der Waals surface area contributed by atoms with E-state index in [1.54, 1.807) is 18.7 Å². The Kier molecular flexibility index (Phi) is 8.18. The van der Waals surface area contributed by atoms with E-state index in [4.69, 9.17) is 4.74 Å². The summed E-state index contributed by atoms with van der Waals surface area (Å²) in [6, 6.07) is 0. The van der Waals surface area contributed by atoms with Crippen molar-refractivity contribution < 1.29 is 9.53 Å². The van der Waals surface area contributed by atoms with Gasteiger partial charge in [0, 0.05) is 16.6 Å². The Labute approximate surface area is 94.9 Å². The van der Waals surface area contributed by atoms with Crippen molar-refractivity contribution in [2.24, 2.45) is 0 Å². The van der Waals surface area contributed by atoms with Gasteiger partial charge in [-0.25, -0.2) is 4.79 Å². The van der Waals surface area contributed by atoms with E-state index < -0.39 is 0 Å². The summed E-state index contributed by atoms with van der Waals surface area (Å²) in [5.74, 6) is 1.85. The van der Waals surface area contributed by atoms with Crippen molar-refractivity contribution >= 4 is 29.5 Å². The lowest BCUT2D eigenvalue weighted by atomic mass is 10.4. The van der Waals surface area contributed by atoms with Crippen LogP contribution in [-0.2, 0) is 9.53 Å². The van der Waals surface area contributed by atoms with Crippen LogP contribution in [0.4, 0.5) is 0 Å². The Morgan fingerprint density at radius 2 is 2.21 bits per heavy atom. The van der Waals surface area contributed by atoms with Gasteiger partial charge in [0.05, 0.1) is 0 Å². The van der Waals surface area contributed by atoms with Gasteiger partial charge in [-0.1, -0.05) is 13.5 Å². The number of carbonyl (C=O) groups is 1. The van der Waals surface area contributed by atoms with E-state index in [1.807, 2.05) is 18.0 Å². The Morgan fingerprint density at radius 1 is 1.57 bits per heavy atom. The van der Waals surface area contributed by atoms with Gasteiger partial charge in [0.25, 0.3) is 0 Å². The second-order valence-electron chi connectivity index (χ2n) is 2.90. The minimum atomic E-state index is -0.287. The molecular formula is C10H18O2S2. The molecule has 0 amide bonds. The zero-order valence-corrected chi connectivity index (χ0v) is 10.7. The molecule has 2 nitrogen and oxygen atoms in total. The molecule has 1 atom stereocenters. The number of hydrogen-bond acceptors (Lipinski definition) is 4. The number of ether oxygens (including phenoxy) is 1. The molecule has 0 rings (SSSR count). The standard InChI is InChI=1S/C10H18O2S2/c1-5-14-7-9(13-4)6-12-10(11)8(2)3/h9H,2,5-7H2,1,3-4H3. The molecule has 4 heteroatoms. The lowest BCUT2D eigenvalue weighted by Crippen LogP contribution is -2.18. The van der Waals surface area contributed by atoms with E-state index in [2.05, 4.69) is 13.5 Å². The molecule has 0 spiro atoms. The molecule has 0 aromatic carbocycles. The van der Waals surface area contributed by atoms with Crippen molar-refractivity contribution in [3.63, 3.8) is 0 Å². The third-order valence-electron chi connectivity index (χ3n) is 1.59. The predicted octanol–water partition coefficient (Wildman–Crippen LogP) is 2.59. The number of carbonyl (C=O) groups excluding carboxylic acids is 1. The van der Waals surface area contributed by atoms with Gasteiger partial charge in [-0.05, 0) is 18.9 Å². The lowest BCUT2D eigenvalue weighted by Gasteiger charge is -2.13. The third-order valence-corrected chi connectivity index (χ3v) is 3.82. The number of thioether (sulfide) groups is 2. The lowest BCUT2D eigenvalue weighted by molar-refractivity contribution is -0.138. The van der Waals surface area contributed by atoms with Crippen LogP contribution in [0, 0.1) is 0 Å². The molecule has 0 saturated carbocycles. The fraction of sp³-hybridized carbons (Fsp3) is 0.700. The van der Waals surface area contributed by atoms with E-state index in [-0.39, 0.29) is 5.97 Å². The first-order valence-electron chi connectivity index (χ1n) is 4.55. The van der Waals surface area contributed by atoms with Crippen LogP contribution in [0.1, 0.15) is 13.8 Å². The Morgan fingerprint density at radius 3 is 2.64 bits per heavy atom. The van der Waals surface area contributed by atoms with Gasteiger partial charge in [0.15, 0.2) is 0 Å². The maximum absolute atomic E-state index is 11.1. The van der Waals surface area contributed by atoms with Gasteiger partial charge in [0.1, 0.15) is 6.61 Å². The molecule has 0 aliphatic rings. The molecule has 0 aromatic heterocycles. The monoisotopic (exact) mass is 234 g/mol. The van der Waals surface area contributed by atoms with Gasteiger partial charge in [-0.2, -0.15) is 23.5 Å². The average molecular weight is 234 g/mol. The minimum absolute atomic E-state index is 0.287. The summed E-state index contributed by atoms with van der Waals surface area (Å²) < 4.78 is 5.08. The second-order valence-corrected chi connectivity index (χ2v) is 5.35. The number of hydrogen-bond donors (Lipinski definition) is 0. The molecule has 0 aliphatic carbocycles. The molecule has 0 heterocycles. The predicted molar refractivity (Wildman–Crippen MR) is 66.1 cm³/mol. The summed E-state index contributed by atoms with van der Waals surface area (Å²) in [5.41, 5.74) is 0.466. The van der Waals surface area contributed by atoms with Gasteiger partial charge in [-0.15, -0.1) is 0 Å². The van der Waals surface area contributed by atoms with Crippen molar-refractivity contribution in [3.8, 4) is 0 Å². The van der Waals surface area contributed by atoms with Crippen molar-refractivity contribution in [2.75, 3.05) is 24.4 Å². The van der Waals surface area contributed by atoms with Crippen LogP contribution >= 0.6 is 23.5 Å². The molecule has 0 radical (unpaired) electrons. The first-order valence-corrected chi connectivity index (χ1v) is 6.99. The second kappa shape index (κ2) is 8.24. The van der Waals surface area contributed by atoms with Crippen LogP contribution < -0.4 is 0 Å². The summed E-state index contributed by atoms with van der Waals surface area (Å²) >= 11 is 3.60. The highest BCUT2D eigenvalue weighted by atomic mass is 32.2. The minimum Gasteiger partial charge on any atom is -0.461 e. The van der Waals surface area contributed by atoms with E-state index in [0.29, 0.717) is 17.4 Å². The van der Waals surface area contributed by atoms with Crippen molar-refractivity contribution in [1.29, 1.82) is 0 Å². The molecular weight excluding hydrogens is 216 g/mol. The quantitative estimate of drug-likeness (QED) is 0.499. The summed E-state index contributed by atoms with van der Waals surface area (Å²) in [7, 11) is 0. The van der Waals surface area contributed by atoms with Crippen LogP contribution in [0.2, 0.25) is 0 Å². The summed E-state index contributed by atoms with van der Waals surface area (Å²) in [6.45, 7) is 7.81. The van der Waals surface area contributed by atoms with E-state index in [1.165, 1.54) is 0 Å². The molecule has 0 aromatic rings. The van der Waals surface area contributed by atoms with Gasteiger partial charge in [-0.3, -0.25) is 0 Å². The molecule has 0 bridgehead atoms. The van der Waals surface area contributed by atoms with Gasteiger partial charge < -0.3 is 4.74 Å². The Balaban J connectivity index is 3.71. The number of rotatable bonds is 7. The van der Waals surface area contributed by atoms with Gasteiger partial charge in [0.2, 0.25) is 0 Å². The molecule has 0 fully saturated rings. The molecule has 0 saturated heterocycles. The normalized spacial score (nSPS) is 12.2. The van der Waals surface area contributed by atoms with E-state index in [9.17, 15) is 4.79 Å². The Bertz CT molecular complexity index is 193. The highest BCUT2D eigenvalue weighted by Gasteiger charge is 2.10. The Hall–Kier alpha value is -0.0900. The van der Waals surface area contributed by atoms with Crippen LogP contribution in [0.15, 0.2) is 12.2 Å². The first kappa shape index (κ1) is 13.9. The van der Waals surface area contributed by atoms with E-state index in [0.717, 1.165) is 11.5 Å². The van der Waals surface area contributed by atoms with Crippen LogP contribution in [0.5, 0.6) is 0 Å². The third kappa shape index (κ3) is 6.38. The summed E-state index contributed by atoms with van der Waals surface area (Å²) in [4.78, 5) is 11.1. The average Bonchev–Trinajstić information content (AvgIpc) is 2.17. The molecule has 14 heavy (non-hydrogen) atoms. The topological polar surface area (TPSA) is 26.3 Å². The highest BCUT2D eigenvalue weighted by molar-refractivity contribution is 8.03. The fourth-order valence-electron chi connectivity index (χ4n) is 0.725. The van der Waals surface area contributed by atoms with Crippen molar-refractivity contribution in [2.45, 2.75) is 19.1 Å². The van der Waals surface area contributed by atoms with Crippen LogP contribution in [0.25, 0.3) is 0 Å². The SMILES string of the molecule is C=C(C)C(=O)OCC(CSCC)SC. The largest absolute Gasteiger partial charge is 0.461 e. The van der Waals surface area contributed by atoms with Crippen molar-refractivity contribution in [3.05, 3.63) is 12.2 Å². The molecule has 0 aliphatic heterocycles. The zero-order chi connectivity index (χ0) is 11.0. The molecule has 0 N–H and O–H groups in total. The number of esters is 1. The zero-order valence-electron chi connectivity index (χ0n) is 9.04. The first-order chi connectivity index (χ1) is 6.61. The van der Waals surface area contributed by atoms with Gasteiger partial charge >= 0.3 is 5.97 Å². The van der Waals surface area contributed by atoms with E-state index >= 15 is 0 Å². The van der Waals surface area contributed by atoms with Crippen LogP contribution in [0.3, 0.4) is 0 Å². The summed E-state index contributed by atoms with van der Waals surface area (Å²) in [6.07, 6.45) is 2.04. The smallest absolute Gasteiger partial charge is 0.333 e. The molecule has 1 unspecified atom stereocenters. The molecule has 82 valence electrons. The van der Waals surface area contributed by atoms with Crippen LogP contribution in [-0.4, -0.2) is 35.6 Å². The maximum atomic E-state index is 11.1. The maximum Gasteiger partial charge on any atom is 0.333 e. The fourth-order valence-corrected chi connectivity index (χ4v) is 2.36. The summed E-state index contributed by atoms with van der Waals surface area (Å²) in [5, 5.41) is 0.392.